The average Bonchev–Trinajstić information content (AvgIpc) is 2.05. The average molecular weight is 166 g/mol. The number of hydrogen-bond donors (Lipinski definition) is 1. The number of halogens is 1. The summed E-state index contributed by atoms with van der Waals surface area (Å²) in [4.78, 5) is 0. The highest BCUT2D eigenvalue weighted by molar-refractivity contribution is 5.36. The van der Waals surface area contributed by atoms with Gasteiger partial charge in [-0.05, 0) is 30.2 Å². The molecule has 1 aromatic rings. The molecule has 0 saturated carbocycles. The number of rotatable bonds is 0. The van der Waals surface area contributed by atoms with Gasteiger partial charge in [-0.25, -0.2) is 4.39 Å². The van der Waals surface area contributed by atoms with E-state index in [1.54, 1.807) is 6.07 Å². The van der Waals surface area contributed by atoms with Gasteiger partial charge in [-0.1, -0.05) is 0 Å². The summed E-state index contributed by atoms with van der Waals surface area (Å²) >= 11 is 0. The molecule has 12 heavy (non-hydrogen) atoms. The Bertz CT molecular complexity index is 301. The van der Waals surface area contributed by atoms with Crippen molar-refractivity contribution in [2.24, 2.45) is 5.73 Å². The smallest absolute Gasteiger partial charge is 0.212 e. The number of ether oxygens (including phenoxy) is 1. The third kappa shape index (κ3) is 1.28. The summed E-state index contributed by atoms with van der Waals surface area (Å²) in [6.45, 7) is 0. The topological polar surface area (TPSA) is 35.2 Å². The van der Waals surface area contributed by atoms with E-state index in [0.717, 1.165) is 12.0 Å². The zero-order chi connectivity index (χ0) is 8.55. The van der Waals surface area contributed by atoms with Gasteiger partial charge in [-0.3, -0.25) is 5.73 Å². The number of nitrogens with two attached hydrogens (primary N) is 1. The Morgan fingerprint density at radius 1 is 1.33 bits per heavy atom. The van der Waals surface area contributed by atoms with Crippen molar-refractivity contribution >= 4 is 0 Å². The van der Waals surface area contributed by atoms with Crippen molar-refractivity contribution in [2.75, 3.05) is 0 Å². The highest BCUT2D eigenvalue weighted by Gasteiger charge is 2.17. The van der Waals surface area contributed by atoms with E-state index in [1.165, 1.54) is 12.1 Å². The van der Waals surface area contributed by atoms with Crippen molar-refractivity contribution in [1.82, 2.24) is 0 Å². The highest BCUT2D eigenvalue weighted by atomic mass is 19.1. The zero-order valence-corrected chi connectivity index (χ0v) is 6.51. The molecule has 0 saturated heterocycles. The van der Waals surface area contributed by atoms with Crippen LogP contribution >= 0.6 is 0 Å². The molecule has 1 aromatic carbocycles. The first-order valence-corrected chi connectivity index (χ1v) is 3.83. The monoisotopic (exact) mass is 166 g/mol. The van der Waals surface area contributed by atoms with Gasteiger partial charge in [-0.15, -0.1) is 0 Å². The minimum Gasteiger partial charge on any atom is -0.467 e. The Kier molecular flexibility index (Phi) is 1.73. The fourth-order valence-corrected chi connectivity index (χ4v) is 1.29. The van der Waals surface area contributed by atoms with Crippen LogP contribution < -0.4 is 10.5 Å². The summed E-state index contributed by atoms with van der Waals surface area (Å²) in [5, 5.41) is 0. The second-order valence-corrected chi connectivity index (χ2v) is 2.82. The Labute approximate surface area is 70.1 Å². The van der Waals surface area contributed by atoms with Gasteiger partial charge in [0.05, 0.1) is 0 Å². The maximum absolute atomic E-state index is 12.7. The summed E-state index contributed by atoms with van der Waals surface area (Å²) < 4.78 is 17.9. The minimum atomic E-state index is -0.224. The van der Waals surface area contributed by atoms with Gasteiger partial charge >= 0.3 is 0 Å². The van der Waals surface area contributed by atoms with Crippen molar-refractivity contribution in [3.05, 3.63) is 35.8 Å². The second kappa shape index (κ2) is 2.75. The molecule has 0 fully saturated rings. The molecule has 0 unspecified atom stereocenters. The predicted molar refractivity (Wildman–Crippen MR) is 42.8 cm³/mol. The fourth-order valence-electron chi connectivity index (χ4n) is 1.29. The van der Waals surface area contributed by atoms with Crippen molar-refractivity contribution in [2.45, 2.75) is 12.8 Å². The lowest BCUT2D eigenvalue weighted by molar-refractivity contribution is 0.285. The lowest BCUT2D eigenvalue weighted by Crippen LogP contribution is -2.22. The van der Waals surface area contributed by atoms with Crippen LogP contribution in [0.25, 0.3) is 0 Å². The summed E-state index contributed by atoms with van der Waals surface area (Å²) in [7, 11) is 0. The lowest BCUT2D eigenvalue weighted by atomic mass is 10.1. The van der Waals surface area contributed by atoms with E-state index < -0.39 is 0 Å². The molecule has 1 radical (unpaired) electrons. The summed E-state index contributed by atoms with van der Waals surface area (Å²) in [5.74, 6) is 0.456. The van der Waals surface area contributed by atoms with Crippen LogP contribution in [0.15, 0.2) is 18.2 Å². The molecule has 2 rings (SSSR count). The van der Waals surface area contributed by atoms with Gasteiger partial charge < -0.3 is 4.74 Å². The molecule has 0 amide bonds. The molecule has 0 aliphatic carbocycles. The Morgan fingerprint density at radius 2 is 2.17 bits per heavy atom. The van der Waals surface area contributed by atoms with Gasteiger partial charge in [-0.2, -0.15) is 0 Å². The Morgan fingerprint density at radius 3 is 3.00 bits per heavy atom. The largest absolute Gasteiger partial charge is 0.467 e. The number of hydrogen-bond acceptors (Lipinski definition) is 2. The summed E-state index contributed by atoms with van der Waals surface area (Å²) in [5.41, 5.74) is 6.38. The molecule has 2 N–H and O–H groups in total. The van der Waals surface area contributed by atoms with Crippen LogP contribution in [0, 0.1) is 12.0 Å². The van der Waals surface area contributed by atoms with E-state index in [2.05, 4.69) is 0 Å². The molecule has 0 atom stereocenters. The molecule has 0 spiro atoms. The maximum atomic E-state index is 12.7. The van der Waals surface area contributed by atoms with Crippen molar-refractivity contribution < 1.29 is 9.13 Å². The number of fused-ring (bicyclic) bond motifs is 1. The molecule has 1 aliphatic rings. The van der Waals surface area contributed by atoms with Gasteiger partial charge in [0, 0.05) is 6.42 Å². The molecule has 0 aromatic heterocycles. The SMILES string of the molecule is N[C]1CCc2cc(F)ccc2O1. The molecule has 2 nitrogen and oxygen atoms in total. The van der Waals surface area contributed by atoms with Gasteiger partial charge in [0.2, 0.25) is 6.23 Å². The molecule has 1 heterocycles. The van der Waals surface area contributed by atoms with Crippen molar-refractivity contribution in [3.63, 3.8) is 0 Å². The third-order valence-corrected chi connectivity index (χ3v) is 1.90. The first kappa shape index (κ1) is 7.55. The Balaban J connectivity index is 2.37. The standard InChI is InChI=1S/C9H9FNO/c10-7-2-3-8-6(5-7)1-4-9(11)12-8/h2-3,5H,1,4,11H2. The summed E-state index contributed by atoms with van der Waals surface area (Å²) in [6, 6.07) is 4.47. The van der Waals surface area contributed by atoms with Crippen LogP contribution in [0.5, 0.6) is 5.75 Å². The second-order valence-electron chi connectivity index (χ2n) is 2.82. The number of aryl methyl sites for hydroxylation is 1. The molecule has 0 bridgehead atoms. The highest BCUT2D eigenvalue weighted by Crippen LogP contribution is 2.28. The van der Waals surface area contributed by atoms with Gasteiger partial charge in [0.15, 0.2) is 0 Å². The van der Waals surface area contributed by atoms with E-state index in [-0.39, 0.29) is 5.82 Å². The maximum Gasteiger partial charge on any atom is 0.212 e. The van der Waals surface area contributed by atoms with Crippen LogP contribution in [0.4, 0.5) is 4.39 Å². The minimum absolute atomic E-state index is 0.224. The molecule has 1 aliphatic heterocycles. The van der Waals surface area contributed by atoms with Crippen LogP contribution in [-0.4, -0.2) is 0 Å². The van der Waals surface area contributed by atoms with Crippen molar-refractivity contribution in [1.29, 1.82) is 0 Å². The number of benzene rings is 1. The van der Waals surface area contributed by atoms with Crippen LogP contribution in [-0.2, 0) is 6.42 Å². The van der Waals surface area contributed by atoms with E-state index in [4.69, 9.17) is 10.5 Å². The third-order valence-electron chi connectivity index (χ3n) is 1.90. The molecule has 3 heteroatoms. The fraction of sp³-hybridized carbons (Fsp3) is 0.222. The molecule has 63 valence electrons. The lowest BCUT2D eigenvalue weighted by Gasteiger charge is -2.21. The first-order valence-electron chi connectivity index (χ1n) is 3.83. The molecular weight excluding hydrogens is 157 g/mol. The van der Waals surface area contributed by atoms with Crippen LogP contribution in [0.1, 0.15) is 12.0 Å². The van der Waals surface area contributed by atoms with E-state index in [1.807, 2.05) is 0 Å². The zero-order valence-electron chi connectivity index (χ0n) is 6.51. The normalized spacial score (nSPS) is 16.8. The van der Waals surface area contributed by atoms with Crippen LogP contribution in [0.3, 0.4) is 0 Å². The Hall–Kier alpha value is -1.09. The van der Waals surface area contributed by atoms with Crippen LogP contribution in [0.2, 0.25) is 0 Å². The summed E-state index contributed by atoms with van der Waals surface area (Å²) in [6.07, 6.45) is 1.95. The van der Waals surface area contributed by atoms with Gasteiger partial charge in [0.1, 0.15) is 11.6 Å². The molecular formula is C9H9FNO. The van der Waals surface area contributed by atoms with E-state index >= 15 is 0 Å². The predicted octanol–water partition coefficient (Wildman–Crippen LogP) is 1.60. The quantitative estimate of drug-likeness (QED) is 0.635. The van der Waals surface area contributed by atoms with Gasteiger partial charge in [0.25, 0.3) is 0 Å². The van der Waals surface area contributed by atoms with E-state index in [0.29, 0.717) is 18.4 Å². The van der Waals surface area contributed by atoms with Crippen molar-refractivity contribution in [3.8, 4) is 5.75 Å². The van der Waals surface area contributed by atoms with E-state index in [9.17, 15) is 4.39 Å². The first-order chi connectivity index (χ1) is 5.75.